The average Bonchev–Trinajstić information content (AvgIpc) is 2.66. The minimum Gasteiger partial charge on any atom is -0.341 e. The number of fused-ring (bicyclic) bond motifs is 1. The minimum atomic E-state index is -0.294. The zero-order valence-corrected chi connectivity index (χ0v) is 13.9. The van der Waals surface area contributed by atoms with Crippen LogP contribution in [-0.2, 0) is 11.2 Å². The van der Waals surface area contributed by atoms with Gasteiger partial charge in [0.05, 0.1) is 23.7 Å². The lowest BCUT2D eigenvalue weighted by molar-refractivity contribution is -0.117. The van der Waals surface area contributed by atoms with Crippen molar-refractivity contribution < 1.29 is 9.59 Å². The van der Waals surface area contributed by atoms with Gasteiger partial charge in [-0.1, -0.05) is 42.3 Å². The molecule has 1 aliphatic carbocycles. The Morgan fingerprint density at radius 1 is 1.12 bits per heavy atom. The molecule has 2 N–H and O–H groups in total. The van der Waals surface area contributed by atoms with Crippen LogP contribution in [0.2, 0.25) is 0 Å². The number of rotatable bonds is 4. The first-order chi connectivity index (χ1) is 12.2. The molecule has 0 saturated heterocycles. The lowest BCUT2D eigenvalue weighted by Gasteiger charge is -2.25. The molecule has 0 spiro atoms. The number of carbonyl (C=O) groups excluding carboxylic acids is 2. The van der Waals surface area contributed by atoms with Gasteiger partial charge in [0.1, 0.15) is 0 Å². The Kier molecular flexibility index (Phi) is 5.15. The lowest BCUT2D eigenvalue weighted by Crippen LogP contribution is -2.28. The first kappa shape index (κ1) is 16.8. The number of carbonyl (C=O) groups is 2. The van der Waals surface area contributed by atoms with Crippen LogP contribution in [0.3, 0.4) is 0 Å². The van der Waals surface area contributed by atoms with Crippen molar-refractivity contribution in [3.8, 4) is 12.3 Å². The Morgan fingerprint density at radius 2 is 1.88 bits per heavy atom. The fourth-order valence-electron chi connectivity index (χ4n) is 3.26. The largest absolute Gasteiger partial charge is 0.341 e. The topological polar surface area (TPSA) is 58.2 Å². The van der Waals surface area contributed by atoms with Crippen molar-refractivity contribution >= 4 is 17.5 Å². The van der Waals surface area contributed by atoms with Gasteiger partial charge in [-0.05, 0) is 42.5 Å². The molecule has 0 heterocycles. The highest BCUT2D eigenvalue weighted by molar-refractivity contribution is 6.05. The summed E-state index contributed by atoms with van der Waals surface area (Å²) in [6.07, 6.45) is 7.99. The van der Waals surface area contributed by atoms with Gasteiger partial charge in [0.25, 0.3) is 5.91 Å². The highest BCUT2D eigenvalue weighted by Gasteiger charge is 2.27. The summed E-state index contributed by atoms with van der Waals surface area (Å²) in [7, 11) is 0. The molecule has 2 aromatic carbocycles. The Morgan fingerprint density at radius 3 is 2.72 bits per heavy atom. The second-order valence-electron chi connectivity index (χ2n) is 6.07. The molecule has 1 atom stereocenters. The average molecular weight is 332 g/mol. The molecule has 0 aliphatic heterocycles. The highest BCUT2D eigenvalue weighted by Crippen LogP contribution is 2.32. The summed E-state index contributed by atoms with van der Waals surface area (Å²) in [4.78, 5) is 25.1. The molecule has 0 radical (unpaired) electrons. The van der Waals surface area contributed by atoms with Crippen molar-refractivity contribution in [1.82, 2.24) is 5.32 Å². The SMILES string of the molecule is C#CCNC(=O)c1ccccc1NC(=O)C1CCCc2ccccc21. The van der Waals surface area contributed by atoms with Gasteiger partial charge in [0.2, 0.25) is 5.91 Å². The maximum atomic E-state index is 12.8. The molecule has 4 heteroatoms. The summed E-state index contributed by atoms with van der Waals surface area (Å²) in [5.74, 6) is 1.81. The van der Waals surface area contributed by atoms with Crippen LogP contribution in [0.15, 0.2) is 48.5 Å². The van der Waals surface area contributed by atoms with E-state index >= 15 is 0 Å². The molecular formula is C21H20N2O2. The monoisotopic (exact) mass is 332 g/mol. The van der Waals surface area contributed by atoms with Crippen LogP contribution in [0.1, 0.15) is 40.2 Å². The van der Waals surface area contributed by atoms with E-state index in [-0.39, 0.29) is 24.3 Å². The maximum Gasteiger partial charge on any atom is 0.254 e. The number of aryl methyl sites for hydroxylation is 1. The third kappa shape index (κ3) is 3.72. The molecule has 1 unspecified atom stereocenters. The zero-order chi connectivity index (χ0) is 17.6. The van der Waals surface area contributed by atoms with Gasteiger partial charge in [0.15, 0.2) is 0 Å². The van der Waals surface area contributed by atoms with E-state index in [9.17, 15) is 9.59 Å². The fraction of sp³-hybridized carbons (Fsp3) is 0.238. The molecule has 4 nitrogen and oxygen atoms in total. The smallest absolute Gasteiger partial charge is 0.254 e. The number of hydrogen-bond donors (Lipinski definition) is 2. The summed E-state index contributed by atoms with van der Waals surface area (Å²) in [6, 6.07) is 15.0. The highest BCUT2D eigenvalue weighted by atomic mass is 16.2. The van der Waals surface area contributed by atoms with E-state index in [4.69, 9.17) is 6.42 Å². The third-order valence-corrected chi connectivity index (χ3v) is 4.47. The molecule has 2 amide bonds. The summed E-state index contributed by atoms with van der Waals surface area (Å²) in [6.45, 7) is 0.150. The van der Waals surface area contributed by atoms with Crippen molar-refractivity contribution in [3.05, 3.63) is 65.2 Å². The molecule has 3 rings (SSSR count). The van der Waals surface area contributed by atoms with Crippen molar-refractivity contribution in [2.24, 2.45) is 0 Å². The summed E-state index contributed by atoms with van der Waals surface area (Å²) in [5.41, 5.74) is 3.23. The Hall–Kier alpha value is -3.06. The van der Waals surface area contributed by atoms with Crippen molar-refractivity contribution in [1.29, 1.82) is 0 Å². The number of para-hydroxylation sites is 1. The van der Waals surface area contributed by atoms with Crippen molar-refractivity contribution in [3.63, 3.8) is 0 Å². The molecule has 126 valence electrons. The van der Waals surface area contributed by atoms with Gasteiger partial charge < -0.3 is 10.6 Å². The second kappa shape index (κ2) is 7.67. The first-order valence-electron chi connectivity index (χ1n) is 8.40. The van der Waals surface area contributed by atoms with Crippen LogP contribution < -0.4 is 10.6 Å². The van der Waals surface area contributed by atoms with Crippen LogP contribution >= 0.6 is 0 Å². The van der Waals surface area contributed by atoms with Gasteiger partial charge in [-0.2, -0.15) is 0 Å². The van der Waals surface area contributed by atoms with Crippen LogP contribution in [0.5, 0.6) is 0 Å². The number of amides is 2. The zero-order valence-electron chi connectivity index (χ0n) is 13.9. The molecule has 0 saturated carbocycles. The van der Waals surface area contributed by atoms with E-state index in [0.717, 1.165) is 24.8 Å². The molecule has 25 heavy (non-hydrogen) atoms. The van der Waals surface area contributed by atoms with E-state index in [2.05, 4.69) is 22.6 Å². The summed E-state index contributed by atoms with van der Waals surface area (Å²) < 4.78 is 0. The van der Waals surface area contributed by atoms with Crippen LogP contribution in [0, 0.1) is 12.3 Å². The standard InChI is InChI=1S/C21H20N2O2/c1-2-14-22-20(24)18-11-5-6-13-19(18)23-21(25)17-12-7-9-15-8-3-4-10-16(15)17/h1,3-6,8,10-11,13,17H,7,9,12,14H2,(H,22,24)(H,23,25). The minimum absolute atomic E-state index is 0.0793. The Balaban J connectivity index is 1.81. The third-order valence-electron chi connectivity index (χ3n) is 4.47. The van der Waals surface area contributed by atoms with E-state index in [1.807, 2.05) is 18.2 Å². The Bertz CT molecular complexity index is 836. The number of anilines is 1. The van der Waals surface area contributed by atoms with Gasteiger partial charge in [-0.15, -0.1) is 6.42 Å². The molecular weight excluding hydrogens is 312 g/mol. The predicted octanol–water partition coefficient (Wildman–Crippen LogP) is 3.11. The fourth-order valence-corrected chi connectivity index (χ4v) is 3.26. The van der Waals surface area contributed by atoms with Gasteiger partial charge >= 0.3 is 0 Å². The van der Waals surface area contributed by atoms with Crippen LogP contribution in [0.4, 0.5) is 5.69 Å². The van der Waals surface area contributed by atoms with Crippen LogP contribution in [0.25, 0.3) is 0 Å². The number of terminal acetylenes is 1. The summed E-state index contributed by atoms with van der Waals surface area (Å²) in [5, 5.41) is 5.56. The molecule has 2 aromatic rings. The summed E-state index contributed by atoms with van der Waals surface area (Å²) >= 11 is 0. The van der Waals surface area contributed by atoms with Gasteiger partial charge in [-0.25, -0.2) is 0 Å². The number of benzene rings is 2. The van der Waals surface area contributed by atoms with E-state index < -0.39 is 0 Å². The predicted molar refractivity (Wildman–Crippen MR) is 98.4 cm³/mol. The van der Waals surface area contributed by atoms with E-state index in [1.54, 1.807) is 24.3 Å². The van der Waals surface area contributed by atoms with E-state index in [0.29, 0.717) is 11.3 Å². The quantitative estimate of drug-likeness (QED) is 0.845. The maximum absolute atomic E-state index is 12.8. The lowest BCUT2D eigenvalue weighted by atomic mass is 9.82. The van der Waals surface area contributed by atoms with Gasteiger partial charge in [0, 0.05) is 0 Å². The Labute approximate surface area is 147 Å². The second-order valence-corrected chi connectivity index (χ2v) is 6.07. The molecule has 0 fully saturated rings. The van der Waals surface area contributed by atoms with E-state index in [1.165, 1.54) is 5.56 Å². The van der Waals surface area contributed by atoms with Crippen molar-refractivity contribution in [2.45, 2.75) is 25.2 Å². The normalized spacial score (nSPS) is 15.6. The molecule has 0 bridgehead atoms. The van der Waals surface area contributed by atoms with Gasteiger partial charge in [-0.3, -0.25) is 9.59 Å². The first-order valence-corrected chi connectivity index (χ1v) is 8.40. The number of nitrogens with one attached hydrogen (secondary N) is 2. The van der Waals surface area contributed by atoms with Crippen LogP contribution in [-0.4, -0.2) is 18.4 Å². The van der Waals surface area contributed by atoms with Crippen molar-refractivity contribution in [2.75, 3.05) is 11.9 Å². The molecule has 0 aromatic heterocycles. The number of hydrogen-bond acceptors (Lipinski definition) is 2. The molecule has 1 aliphatic rings.